The lowest BCUT2D eigenvalue weighted by atomic mass is 10.1. The van der Waals surface area contributed by atoms with Crippen molar-refractivity contribution in [3.8, 4) is 5.75 Å². The quantitative estimate of drug-likeness (QED) is 0.797. The molecule has 1 atom stereocenters. The standard InChI is InChI=1S/C16H21ClN2O4/c1-23-14-5-4-11(17)9-13(14)18-7-6-15(20)19-8-2-3-12(19)10-16(21)22/h4-5,9,12,18H,2-3,6-8,10H2,1H3,(H,21,22). The molecule has 1 aliphatic heterocycles. The summed E-state index contributed by atoms with van der Waals surface area (Å²) in [5.41, 5.74) is 0.733. The van der Waals surface area contributed by atoms with Crippen molar-refractivity contribution in [3.63, 3.8) is 0 Å². The molecule has 126 valence electrons. The van der Waals surface area contributed by atoms with Crippen molar-refractivity contribution in [2.75, 3.05) is 25.5 Å². The smallest absolute Gasteiger partial charge is 0.305 e. The van der Waals surface area contributed by atoms with E-state index in [2.05, 4.69) is 5.32 Å². The average Bonchev–Trinajstić information content (AvgIpc) is 2.94. The summed E-state index contributed by atoms with van der Waals surface area (Å²) >= 11 is 5.96. The van der Waals surface area contributed by atoms with Gasteiger partial charge in [0.2, 0.25) is 5.91 Å². The first-order valence-electron chi connectivity index (χ1n) is 7.60. The van der Waals surface area contributed by atoms with E-state index in [0.717, 1.165) is 18.5 Å². The Labute approximate surface area is 140 Å². The van der Waals surface area contributed by atoms with Crippen LogP contribution >= 0.6 is 11.6 Å². The lowest BCUT2D eigenvalue weighted by molar-refractivity contribution is -0.139. The van der Waals surface area contributed by atoms with Gasteiger partial charge < -0.3 is 20.1 Å². The first kappa shape index (κ1) is 17.4. The van der Waals surface area contributed by atoms with Crippen LogP contribution in [-0.2, 0) is 9.59 Å². The second-order valence-corrected chi connectivity index (χ2v) is 5.94. The fourth-order valence-corrected chi connectivity index (χ4v) is 3.02. The molecule has 1 aromatic rings. The summed E-state index contributed by atoms with van der Waals surface area (Å²) in [5, 5.41) is 12.6. The SMILES string of the molecule is COc1ccc(Cl)cc1NCCC(=O)N1CCCC1CC(=O)O. The number of likely N-dealkylation sites (tertiary alicyclic amines) is 1. The number of aliphatic carboxylic acids is 1. The molecule has 0 saturated carbocycles. The molecule has 1 saturated heterocycles. The molecule has 1 aliphatic rings. The minimum Gasteiger partial charge on any atom is -0.495 e. The minimum atomic E-state index is -0.864. The summed E-state index contributed by atoms with van der Waals surface area (Å²) < 4.78 is 5.24. The second-order valence-electron chi connectivity index (χ2n) is 5.50. The van der Waals surface area contributed by atoms with Crippen LogP contribution in [-0.4, -0.2) is 48.1 Å². The molecule has 0 bridgehead atoms. The second kappa shape index (κ2) is 8.06. The summed E-state index contributed by atoms with van der Waals surface area (Å²) in [5.74, 6) is -0.231. The van der Waals surface area contributed by atoms with Crippen LogP contribution in [0.3, 0.4) is 0 Å². The monoisotopic (exact) mass is 340 g/mol. The third-order valence-electron chi connectivity index (χ3n) is 3.92. The topological polar surface area (TPSA) is 78.9 Å². The van der Waals surface area contributed by atoms with E-state index in [4.69, 9.17) is 21.4 Å². The number of anilines is 1. The molecule has 0 aromatic heterocycles. The normalized spacial score (nSPS) is 17.1. The van der Waals surface area contributed by atoms with E-state index >= 15 is 0 Å². The Morgan fingerprint density at radius 1 is 1.48 bits per heavy atom. The number of nitrogens with one attached hydrogen (secondary N) is 1. The Kier molecular flexibility index (Phi) is 6.10. The molecule has 1 aromatic carbocycles. The Bertz CT molecular complexity index is 579. The summed E-state index contributed by atoms with van der Waals surface area (Å²) in [7, 11) is 1.57. The van der Waals surface area contributed by atoms with Gasteiger partial charge in [0.25, 0.3) is 0 Å². The highest BCUT2D eigenvalue weighted by Gasteiger charge is 2.29. The number of halogens is 1. The van der Waals surface area contributed by atoms with Gasteiger partial charge in [-0.25, -0.2) is 0 Å². The summed E-state index contributed by atoms with van der Waals surface area (Å²) in [6.45, 7) is 1.07. The number of carbonyl (C=O) groups is 2. The maximum atomic E-state index is 12.3. The number of ether oxygens (including phenoxy) is 1. The number of carbonyl (C=O) groups excluding carboxylic acids is 1. The highest BCUT2D eigenvalue weighted by atomic mass is 35.5. The van der Waals surface area contributed by atoms with Crippen LogP contribution in [0.4, 0.5) is 5.69 Å². The van der Waals surface area contributed by atoms with Crippen LogP contribution in [0.5, 0.6) is 5.75 Å². The predicted octanol–water partition coefficient (Wildman–Crippen LogP) is 2.62. The van der Waals surface area contributed by atoms with Crippen LogP contribution in [0.25, 0.3) is 0 Å². The Hall–Kier alpha value is -1.95. The van der Waals surface area contributed by atoms with E-state index in [0.29, 0.717) is 30.3 Å². The average molecular weight is 341 g/mol. The molecular weight excluding hydrogens is 320 g/mol. The Morgan fingerprint density at radius 3 is 2.96 bits per heavy atom. The van der Waals surface area contributed by atoms with Gasteiger partial charge in [-0.2, -0.15) is 0 Å². The van der Waals surface area contributed by atoms with Crippen LogP contribution in [0.15, 0.2) is 18.2 Å². The zero-order chi connectivity index (χ0) is 16.8. The number of carboxylic acids is 1. The summed E-state index contributed by atoms with van der Waals surface area (Å²) in [6.07, 6.45) is 1.93. The van der Waals surface area contributed by atoms with E-state index < -0.39 is 5.97 Å². The third-order valence-corrected chi connectivity index (χ3v) is 4.16. The lowest BCUT2D eigenvalue weighted by Gasteiger charge is -2.23. The van der Waals surface area contributed by atoms with Crippen molar-refractivity contribution in [3.05, 3.63) is 23.2 Å². The third kappa shape index (κ3) is 4.76. The number of nitrogens with zero attached hydrogens (tertiary/aromatic N) is 1. The molecule has 2 rings (SSSR count). The number of hydrogen-bond acceptors (Lipinski definition) is 4. The van der Waals surface area contributed by atoms with Crippen molar-refractivity contribution in [1.29, 1.82) is 0 Å². The van der Waals surface area contributed by atoms with E-state index in [-0.39, 0.29) is 18.4 Å². The molecule has 0 aliphatic carbocycles. The van der Waals surface area contributed by atoms with Crippen LogP contribution in [0.1, 0.15) is 25.7 Å². The summed E-state index contributed by atoms with van der Waals surface area (Å²) in [6, 6.07) is 5.06. The van der Waals surface area contributed by atoms with Crippen molar-refractivity contribution < 1.29 is 19.4 Å². The number of benzene rings is 1. The molecule has 2 N–H and O–H groups in total. The van der Waals surface area contributed by atoms with Gasteiger partial charge in [-0.05, 0) is 31.0 Å². The Balaban J connectivity index is 1.87. The molecule has 1 unspecified atom stereocenters. The van der Waals surface area contributed by atoms with Crippen molar-refractivity contribution in [1.82, 2.24) is 4.90 Å². The highest BCUT2D eigenvalue weighted by molar-refractivity contribution is 6.30. The fraction of sp³-hybridized carbons (Fsp3) is 0.500. The molecule has 0 radical (unpaired) electrons. The van der Waals surface area contributed by atoms with Gasteiger partial charge in [0.15, 0.2) is 0 Å². The van der Waals surface area contributed by atoms with Gasteiger partial charge >= 0.3 is 5.97 Å². The zero-order valence-electron chi connectivity index (χ0n) is 13.0. The number of methoxy groups -OCH3 is 1. The van der Waals surface area contributed by atoms with Gasteiger partial charge in [-0.1, -0.05) is 11.6 Å². The highest BCUT2D eigenvalue weighted by Crippen LogP contribution is 2.27. The largest absolute Gasteiger partial charge is 0.495 e. The Morgan fingerprint density at radius 2 is 2.26 bits per heavy atom. The number of rotatable bonds is 7. The van der Waals surface area contributed by atoms with E-state index in [9.17, 15) is 9.59 Å². The van der Waals surface area contributed by atoms with Crippen LogP contribution in [0, 0.1) is 0 Å². The van der Waals surface area contributed by atoms with Crippen LogP contribution < -0.4 is 10.1 Å². The van der Waals surface area contributed by atoms with E-state index in [1.54, 1.807) is 30.2 Å². The minimum absolute atomic E-state index is 0.0152. The zero-order valence-corrected chi connectivity index (χ0v) is 13.8. The molecule has 23 heavy (non-hydrogen) atoms. The number of amides is 1. The van der Waals surface area contributed by atoms with Crippen LogP contribution in [0.2, 0.25) is 5.02 Å². The first-order valence-corrected chi connectivity index (χ1v) is 7.97. The molecule has 6 nitrogen and oxygen atoms in total. The van der Waals surface area contributed by atoms with Gasteiger partial charge in [0.1, 0.15) is 5.75 Å². The lowest BCUT2D eigenvalue weighted by Crippen LogP contribution is -2.37. The molecular formula is C16H21ClN2O4. The van der Waals surface area contributed by atoms with Gasteiger partial charge in [-0.15, -0.1) is 0 Å². The van der Waals surface area contributed by atoms with Gasteiger partial charge in [0.05, 0.1) is 19.2 Å². The van der Waals surface area contributed by atoms with E-state index in [1.165, 1.54) is 0 Å². The van der Waals surface area contributed by atoms with Crippen molar-refractivity contribution in [2.24, 2.45) is 0 Å². The molecule has 1 fully saturated rings. The summed E-state index contributed by atoms with van der Waals surface area (Å²) in [4.78, 5) is 24.8. The van der Waals surface area contributed by atoms with Crippen molar-refractivity contribution in [2.45, 2.75) is 31.7 Å². The van der Waals surface area contributed by atoms with Gasteiger partial charge in [-0.3, -0.25) is 9.59 Å². The molecule has 0 spiro atoms. The number of hydrogen-bond donors (Lipinski definition) is 2. The fourth-order valence-electron chi connectivity index (χ4n) is 2.84. The van der Waals surface area contributed by atoms with E-state index in [1.807, 2.05) is 0 Å². The van der Waals surface area contributed by atoms with Gasteiger partial charge in [0, 0.05) is 30.6 Å². The predicted molar refractivity (Wildman–Crippen MR) is 88.1 cm³/mol. The number of carboxylic acid groups (broad SMARTS) is 1. The maximum Gasteiger partial charge on any atom is 0.305 e. The maximum absolute atomic E-state index is 12.3. The molecule has 7 heteroatoms. The molecule has 1 amide bonds. The first-order chi connectivity index (χ1) is 11.0. The van der Waals surface area contributed by atoms with Crippen molar-refractivity contribution >= 4 is 29.2 Å². The molecule has 1 heterocycles.